The zero-order valence-corrected chi connectivity index (χ0v) is 14.7. The van der Waals surface area contributed by atoms with Crippen molar-refractivity contribution in [3.8, 4) is 0 Å². The fourth-order valence-electron chi connectivity index (χ4n) is 3.60. The van der Waals surface area contributed by atoms with E-state index >= 15 is 0 Å². The number of nitrogens with zero attached hydrogens (tertiary/aromatic N) is 2. The molecule has 5 nitrogen and oxygen atoms in total. The van der Waals surface area contributed by atoms with Crippen molar-refractivity contribution >= 4 is 22.4 Å². The first kappa shape index (κ1) is 16.8. The summed E-state index contributed by atoms with van der Waals surface area (Å²) in [5.74, 6) is 1.09. The third-order valence-electron chi connectivity index (χ3n) is 5.06. The highest BCUT2D eigenvalue weighted by atomic mass is 32.1. The summed E-state index contributed by atoms with van der Waals surface area (Å²) in [6.45, 7) is 3.04. The lowest BCUT2D eigenvalue weighted by Gasteiger charge is -2.27. The molecule has 0 radical (unpaired) electrons. The van der Waals surface area contributed by atoms with E-state index in [1.807, 2.05) is 0 Å². The van der Waals surface area contributed by atoms with E-state index in [1.165, 1.54) is 43.4 Å². The van der Waals surface area contributed by atoms with Crippen molar-refractivity contribution in [3.05, 3.63) is 5.01 Å². The number of hydrogen-bond donors (Lipinski definition) is 1. The van der Waals surface area contributed by atoms with Crippen LogP contribution in [0.1, 0.15) is 75.8 Å². The Kier molecular flexibility index (Phi) is 6.00. The van der Waals surface area contributed by atoms with Crippen molar-refractivity contribution < 1.29 is 9.53 Å². The van der Waals surface area contributed by atoms with Crippen LogP contribution in [0.2, 0.25) is 0 Å². The lowest BCUT2D eigenvalue weighted by atomic mass is 9.79. The Morgan fingerprint density at radius 2 is 2.09 bits per heavy atom. The molecule has 1 N–H and O–H groups in total. The molecule has 128 valence electrons. The van der Waals surface area contributed by atoms with E-state index in [-0.39, 0.29) is 17.9 Å². The number of carbonyl (C=O) groups is 1. The van der Waals surface area contributed by atoms with Crippen molar-refractivity contribution in [1.82, 2.24) is 10.2 Å². The summed E-state index contributed by atoms with van der Waals surface area (Å²) in [7, 11) is 0. The molecule has 6 heteroatoms. The highest BCUT2D eigenvalue weighted by Crippen LogP contribution is 2.34. The van der Waals surface area contributed by atoms with Crippen molar-refractivity contribution in [1.29, 1.82) is 0 Å². The second kappa shape index (κ2) is 8.20. The molecule has 3 rings (SSSR count). The molecule has 0 aromatic carbocycles. The first-order valence-electron chi connectivity index (χ1n) is 9.02. The number of ether oxygens (including phenoxy) is 1. The molecule has 1 atom stereocenters. The Labute approximate surface area is 142 Å². The van der Waals surface area contributed by atoms with Gasteiger partial charge in [0.05, 0.1) is 0 Å². The van der Waals surface area contributed by atoms with Crippen LogP contribution in [0.15, 0.2) is 0 Å². The molecule has 0 bridgehead atoms. The number of rotatable bonds is 6. The quantitative estimate of drug-likeness (QED) is 0.839. The minimum absolute atomic E-state index is 0.0761. The SMILES string of the molecule is CCCCC1CCC(C(=O)Nc2nnc([C@H]3CCCO3)s2)CC1. The Morgan fingerprint density at radius 3 is 2.78 bits per heavy atom. The average molecular weight is 337 g/mol. The van der Waals surface area contributed by atoms with Gasteiger partial charge in [-0.2, -0.15) is 0 Å². The maximum Gasteiger partial charge on any atom is 0.229 e. The minimum atomic E-state index is 0.0761. The summed E-state index contributed by atoms with van der Waals surface area (Å²) >= 11 is 1.45. The molecule has 2 heterocycles. The van der Waals surface area contributed by atoms with Crippen LogP contribution in [0.3, 0.4) is 0 Å². The first-order valence-corrected chi connectivity index (χ1v) is 9.83. The fraction of sp³-hybridized carbons (Fsp3) is 0.824. The van der Waals surface area contributed by atoms with Crippen molar-refractivity contribution in [3.63, 3.8) is 0 Å². The van der Waals surface area contributed by atoms with E-state index in [4.69, 9.17) is 4.74 Å². The number of amides is 1. The van der Waals surface area contributed by atoms with Gasteiger partial charge in [-0.25, -0.2) is 0 Å². The molecule has 23 heavy (non-hydrogen) atoms. The van der Waals surface area contributed by atoms with E-state index in [1.54, 1.807) is 0 Å². The van der Waals surface area contributed by atoms with Crippen LogP contribution in [0.4, 0.5) is 5.13 Å². The van der Waals surface area contributed by atoms with Crippen molar-refractivity contribution in [2.24, 2.45) is 11.8 Å². The Balaban J connectivity index is 1.46. The van der Waals surface area contributed by atoms with E-state index in [0.29, 0.717) is 5.13 Å². The van der Waals surface area contributed by atoms with Gasteiger partial charge in [0.2, 0.25) is 11.0 Å². The molecule has 1 aromatic rings. The second-order valence-electron chi connectivity index (χ2n) is 6.80. The molecule has 1 saturated heterocycles. The molecule has 1 aliphatic heterocycles. The molecule has 1 amide bonds. The van der Waals surface area contributed by atoms with Gasteiger partial charge in [0.1, 0.15) is 11.1 Å². The molecular weight excluding hydrogens is 310 g/mol. The van der Waals surface area contributed by atoms with Crippen LogP contribution in [0.5, 0.6) is 0 Å². The number of carbonyl (C=O) groups excluding carboxylic acids is 1. The van der Waals surface area contributed by atoms with Crippen LogP contribution in [0, 0.1) is 11.8 Å². The van der Waals surface area contributed by atoms with Gasteiger partial charge in [-0.05, 0) is 44.4 Å². The number of unbranched alkanes of at least 4 members (excludes halogenated alkanes) is 1. The molecule has 2 fully saturated rings. The fourth-order valence-corrected chi connectivity index (χ4v) is 4.43. The Bertz CT molecular complexity index is 506. The predicted octanol–water partition coefficient (Wildman–Crippen LogP) is 4.32. The van der Waals surface area contributed by atoms with Crippen LogP contribution < -0.4 is 5.32 Å². The first-order chi connectivity index (χ1) is 11.3. The zero-order chi connectivity index (χ0) is 16.1. The number of anilines is 1. The van der Waals surface area contributed by atoms with Gasteiger partial charge in [-0.3, -0.25) is 4.79 Å². The Morgan fingerprint density at radius 1 is 1.26 bits per heavy atom. The van der Waals surface area contributed by atoms with Crippen LogP contribution in [-0.4, -0.2) is 22.7 Å². The van der Waals surface area contributed by atoms with E-state index in [2.05, 4.69) is 22.4 Å². The molecule has 1 saturated carbocycles. The lowest BCUT2D eigenvalue weighted by molar-refractivity contribution is -0.121. The summed E-state index contributed by atoms with van der Waals surface area (Å²) < 4.78 is 5.61. The maximum absolute atomic E-state index is 12.4. The minimum Gasteiger partial charge on any atom is -0.371 e. The molecular formula is C17H27N3O2S. The molecule has 0 spiro atoms. The highest BCUT2D eigenvalue weighted by Gasteiger charge is 2.27. The molecule has 1 aromatic heterocycles. The van der Waals surface area contributed by atoms with Crippen LogP contribution >= 0.6 is 11.3 Å². The summed E-state index contributed by atoms with van der Waals surface area (Å²) in [5, 5.41) is 12.8. The normalized spacial score (nSPS) is 28.0. The largest absolute Gasteiger partial charge is 0.371 e. The van der Waals surface area contributed by atoms with Crippen molar-refractivity contribution in [2.45, 2.75) is 70.8 Å². The zero-order valence-electron chi connectivity index (χ0n) is 13.9. The van der Waals surface area contributed by atoms with Gasteiger partial charge in [0.15, 0.2) is 0 Å². The topological polar surface area (TPSA) is 64.1 Å². The monoisotopic (exact) mass is 337 g/mol. The Hall–Kier alpha value is -1.01. The molecule has 1 aliphatic carbocycles. The third-order valence-corrected chi connectivity index (χ3v) is 5.99. The smallest absolute Gasteiger partial charge is 0.229 e. The maximum atomic E-state index is 12.4. The van der Waals surface area contributed by atoms with Gasteiger partial charge in [0.25, 0.3) is 0 Å². The summed E-state index contributed by atoms with van der Waals surface area (Å²) in [5.41, 5.74) is 0. The number of nitrogens with one attached hydrogen (secondary N) is 1. The van der Waals surface area contributed by atoms with Crippen LogP contribution in [-0.2, 0) is 9.53 Å². The van der Waals surface area contributed by atoms with Gasteiger partial charge in [-0.15, -0.1) is 10.2 Å². The highest BCUT2D eigenvalue weighted by molar-refractivity contribution is 7.15. The van der Waals surface area contributed by atoms with Gasteiger partial charge < -0.3 is 10.1 Å². The van der Waals surface area contributed by atoms with E-state index in [9.17, 15) is 4.79 Å². The number of hydrogen-bond acceptors (Lipinski definition) is 5. The van der Waals surface area contributed by atoms with E-state index < -0.39 is 0 Å². The summed E-state index contributed by atoms with van der Waals surface area (Å²) in [4.78, 5) is 12.4. The average Bonchev–Trinajstić information content (AvgIpc) is 3.24. The standard InChI is InChI=1S/C17H27N3O2S/c1-2-3-5-12-7-9-13(10-8-12)15(21)18-17-20-19-16(23-17)14-6-4-11-22-14/h12-14H,2-11H2,1H3,(H,18,20,21)/t12?,13?,14-/m1/s1. The second-order valence-corrected chi connectivity index (χ2v) is 7.81. The van der Waals surface area contributed by atoms with Crippen molar-refractivity contribution in [2.75, 3.05) is 11.9 Å². The molecule has 2 aliphatic rings. The van der Waals surface area contributed by atoms with Gasteiger partial charge >= 0.3 is 0 Å². The van der Waals surface area contributed by atoms with Gasteiger partial charge in [0, 0.05) is 12.5 Å². The lowest BCUT2D eigenvalue weighted by Crippen LogP contribution is -2.27. The number of aromatic nitrogens is 2. The summed E-state index contributed by atoms with van der Waals surface area (Å²) in [6.07, 6.45) is 10.5. The third kappa shape index (κ3) is 4.51. The van der Waals surface area contributed by atoms with E-state index in [0.717, 1.165) is 43.2 Å². The van der Waals surface area contributed by atoms with Crippen LogP contribution in [0.25, 0.3) is 0 Å². The molecule has 0 unspecified atom stereocenters. The summed E-state index contributed by atoms with van der Waals surface area (Å²) in [6, 6.07) is 0. The van der Waals surface area contributed by atoms with Gasteiger partial charge in [-0.1, -0.05) is 37.5 Å². The predicted molar refractivity (Wildman–Crippen MR) is 91.4 cm³/mol.